The lowest BCUT2D eigenvalue weighted by Gasteiger charge is -2.31. The number of benzene rings is 1. The van der Waals surface area contributed by atoms with E-state index < -0.39 is 18.2 Å². The zero-order valence-corrected chi connectivity index (χ0v) is 16.9. The largest absolute Gasteiger partial charge is 0.513 e. The number of nitriles is 1. The van der Waals surface area contributed by atoms with Crippen LogP contribution in [0.5, 0.6) is 0 Å². The maximum Gasteiger partial charge on any atom is 0.513 e. The van der Waals surface area contributed by atoms with Gasteiger partial charge in [-0.2, -0.15) is 5.26 Å². The third-order valence-electron chi connectivity index (χ3n) is 4.19. The van der Waals surface area contributed by atoms with E-state index in [1.165, 1.54) is 0 Å². The molecule has 1 aromatic rings. The molecule has 8 heteroatoms. The van der Waals surface area contributed by atoms with Gasteiger partial charge in [0.25, 0.3) is 0 Å². The summed E-state index contributed by atoms with van der Waals surface area (Å²) in [4.78, 5) is 24.1. The molecular weight excluding hydrogens is 376 g/mol. The number of allylic oxidation sites excluding steroid dienone is 2. The summed E-state index contributed by atoms with van der Waals surface area (Å²) in [5.74, 6) is -0.419. The van der Waals surface area contributed by atoms with Crippen molar-refractivity contribution < 1.29 is 28.5 Å². The van der Waals surface area contributed by atoms with Gasteiger partial charge in [0.05, 0.1) is 36.2 Å². The van der Waals surface area contributed by atoms with Gasteiger partial charge in [0.1, 0.15) is 17.4 Å². The van der Waals surface area contributed by atoms with Crippen LogP contribution in [0.1, 0.15) is 51.2 Å². The van der Waals surface area contributed by atoms with Gasteiger partial charge in [-0.15, -0.1) is 0 Å². The average Bonchev–Trinajstić information content (AvgIpc) is 2.70. The summed E-state index contributed by atoms with van der Waals surface area (Å²) in [6.07, 6.45) is -1.27. The first-order chi connectivity index (χ1) is 14.0. The minimum atomic E-state index is -0.890. The normalized spacial score (nSPS) is 15.9. The second-order valence-electron chi connectivity index (χ2n) is 6.01. The van der Waals surface area contributed by atoms with E-state index >= 15 is 0 Å². The average molecular weight is 400 g/mol. The Morgan fingerprint density at radius 2 is 1.62 bits per heavy atom. The minimum Gasteiger partial charge on any atom is -0.434 e. The molecule has 0 radical (unpaired) electrons. The highest BCUT2D eigenvalue weighted by molar-refractivity contribution is 5.65. The quantitative estimate of drug-likeness (QED) is 0.698. The number of rotatable bonds is 6. The maximum atomic E-state index is 12.1. The van der Waals surface area contributed by atoms with Crippen LogP contribution in [0.15, 0.2) is 47.2 Å². The third kappa shape index (κ3) is 5.08. The van der Waals surface area contributed by atoms with Gasteiger partial charge in [0, 0.05) is 0 Å². The van der Waals surface area contributed by atoms with Gasteiger partial charge < -0.3 is 24.3 Å². The van der Waals surface area contributed by atoms with Gasteiger partial charge in [0.15, 0.2) is 0 Å². The Hall–Kier alpha value is -3.47. The van der Waals surface area contributed by atoms with Crippen molar-refractivity contribution >= 4 is 12.3 Å². The lowest BCUT2D eigenvalue weighted by Crippen LogP contribution is -2.30. The van der Waals surface area contributed by atoms with Crippen molar-refractivity contribution in [3.8, 4) is 6.07 Å². The first-order valence-electron chi connectivity index (χ1n) is 9.35. The summed E-state index contributed by atoms with van der Waals surface area (Å²) >= 11 is 0. The van der Waals surface area contributed by atoms with Crippen molar-refractivity contribution in [1.82, 2.24) is 5.32 Å². The topological polar surface area (TPSA) is 107 Å². The van der Waals surface area contributed by atoms with Gasteiger partial charge in [0.2, 0.25) is 0 Å². The number of nitrogens with one attached hydrogen (secondary N) is 1. The van der Waals surface area contributed by atoms with Crippen LogP contribution in [0.25, 0.3) is 0 Å². The number of hydrogen-bond donors (Lipinski definition) is 1. The summed E-state index contributed by atoms with van der Waals surface area (Å²) in [6.45, 7) is 7.22. The van der Waals surface area contributed by atoms with Crippen LogP contribution < -0.4 is 5.32 Å². The van der Waals surface area contributed by atoms with Crippen molar-refractivity contribution in [2.75, 3.05) is 13.2 Å². The van der Waals surface area contributed by atoms with Gasteiger partial charge in [-0.1, -0.05) is 25.1 Å². The molecule has 0 bridgehead atoms. The molecule has 154 valence electrons. The van der Waals surface area contributed by atoms with Crippen LogP contribution in [0, 0.1) is 11.3 Å². The monoisotopic (exact) mass is 400 g/mol. The molecule has 0 spiro atoms. The lowest BCUT2D eigenvalue weighted by atomic mass is 9.87. The summed E-state index contributed by atoms with van der Waals surface area (Å²) in [5.41, 5.74) is 2.05. The maximum absolute atomic E-state index is 12.1. The Bertz CT molecular complexity index is 881. The van der Waals surface area contributed by atoms with E-state index in [0.717, 1.165) is 0 Å². The second kappa shape index (κ2) is 10.2. The van der Waals surface area contributed by atoms with E-state index in [4.69, 9.17) is 18.9 Å². The predicted octanol–water partition coefficient (Wildman–Crippen LogP) is 4.44. The van der Waals surface area contributed by atoms with Crippen LogP contribution in [-0.4, -0.2) is 25.5 Å². The summed E-state index contributed by atoms with van der Waals surface area (Å²) in [7, 11) is 0. The summed E-state index contributed by atoms with van der Waals surface area (Å²) in [6, 6.07) is 8.97. The molecule has 1 aliphatic heterocycles. The molecule has 1 N–H and O–H groups in total. The van der Waals surface area contributed by atoms with Gasteiger partial charge >= 0.3 is 12.3 Å². The van der Waals surface area contributed by atoms with E-state index in [1.54, 1.807) is 45.0 Å². The Balaban J connectivity index is 2.62. The first-order valence-corrected chi connectivity index (χ1v) is 9.35. The fourth-order valence-electron chi connectivity index (χ4n) is 2.99. The standard InChI is InChI=1S/C21H24N2O6/c1-5-16-19(29-21(25)27-7-3)17(15-11-9-8-10-14(15)12-22)18(13(4)23-16)28-20(24)26-6-2/h8-11,17,23H,5-7H2,1-4H3. The fourth-order valence-corrected chi connectivity index (χ4v) is 2.99. The van der Waals surface area contributed by atoms with E-state index in [1.807, 2.05) is 6.92 Å². The Morgan fingerprint density at radius 1 is 1.03 bits per heavy atom. The second-order valence-corrected chi connectivity index (χ2v) is 6.01. The third-order valence-corrected chi connectivity index (χ3v) is 4.19. The van der Waals surface area contributed by atoms with Gasteiger partial charge in [-0.05, 0) is 38.8 Å². The van der Waals surface area contributed by atoms with Crippen LogP contribution >= 0.6 is 0 Å². The molecule has 0 amide bonds. The number of carbonyl (C=O) groups excluding carboxylic acids is 2. The predicted molar refractivity (Wildman–Crippen MR) is 103 cm³/mol. The van der Waals surface area contributed by atoms with Crippen molar-refractivity contribution in [2.45, 2.75) is 40.0 Å². The molecule has 1 unspecified atom stereocenters. The molecule has 1 aromatic carbocycles. The van der Waals surface area contributed by atoms with Crippen molar-refractivity contribution in [3.05, 3.63) is 58.3 Å². The van der Waals surface area contributed by atoms with Crippen LogP contribution in [0.4, 0.5) is 9.59 Å². The van der Waals surface area contributed by atoms with Crippen molar-refractivity contribution in [3.63, 3.8) is 0 Å². The molecule has 0 fully saturated rings. The SMILES string of the molecule is CCOC(=O)OC1=C(C)NC(CC)=C(OC(=O)OCC)C1c1ccccc1C#N. The first kappa shape index (κ1) is 21.8. The highest BCUT2D eigenvalue weighted by Gasteiger charge is 2.37. The Kier molecular flexibility index (Phi) is 7.66. The Morgan fingerprint density at radius 3 is 2.17 bits per heavy atom. The highest BCUT2D eigenvalue weighted by Crippen LogP contribution is 2.41. The van der Waals surface area contributed by atoms with Crippen LogP contribution in [-0.2, 0) is 18.9 Å². The zero-order chi connectivity index (χ0) is 21.4. The smallest absolute Gasteiger partial charge is 0.434 e. The van der Waals surface area contributed by atoms with Crippen LogP contribution in [0.3, 0.4) is 0 Å². The molecule has 1 heterocycles. The molecule has 0 saturated carbocycles. The number of ether oxygens (including phenoxy) is 4. The van der Waals surface area contributed by atoms with Gasteiger partial charge in [-0.25, -0.2) is 9.59 Å². The van der Waals surface area contributed by atoms with Crippen LogP contribution in [0.2, 0.25) is 0 Å². The lowest BCUT2D eigenvalue weighted by molar-refractivity contribution is 0.0646. The van der Waals surface area contributed by atoms with E-state index in [2.05, 4.69) is 11.4 Å². The van der Waals surface area contributed by atoms with E-state index in [9.17, 15) is 14.9 Å². The molecule has 29 heavy (non-hydrogen) atoms. The van der Waals surface area contributed by atoms with E-state index in [-0.39, 0.29) is 24.7 Å². The molecule has 0 aromatic heterocycles. The Labute approximate surface area is 169 Å². The molecule has 0 aliphatic carbocycles. The summed E-state index contributed by atoms with van der Waals surface area (Å²) in [5, 5.41) is 12.7. The highest BCUT2D eigenvalue weighted by atomic mass is 16.7. The van der Waals surface area contributed by atoms with Crippen molar-refractivity contribution in [1.29, 1.82) is 5.26 Å². The number of nitrogens with zero attached hydrogens (tertiary/aromatic N) is 1. The molecule has 8 nitrogen and oxygen atoms in total. The zero-order valence-electron chi connectivity index (χ0n) is 16.9. The molecule has 0 saturated heterocycles. The van der Waals surface area contributed by atoms with E-state index in [0.29, 0.717) is 28.9 Å². The number of dihydropyridines is 1. The fraction of sp³-hybridized carbons (Fsp3) is 0.381. The number of hydrogen-bond acceptors (Lipinski definition) is 8. The number of carbonyl (C=O) groups is 2. The van der Waals surface area contributed by atoms with Gasteiger partial charge in [-0.3, -0.25) is 0 Å². The molecular formula is C21H24N2O6. The minimum absolute atomic E-state index is 0.139. The molecule has 1 atom stereocenters. The molecule has 2 rings (SSSR count). The summed E-state index contributed by atoms with van der Waals surface area (Å²) < 4.78 is 20.8. The van der Waals surface area contributed by atoms with Crippen molar-refractivity contribution in [2.24, 2.45) is 0 Å². The molecule has 1 aliphatic rings.